The smallest absolute Gasteiger partial charge is 0.0599 e. The fourth-order valence-corrected chi connectivity index (χ4v) is 2.34. The lowest BCUT2D eigenvalue weighted by Gasteiger charge is -2.36. The summed E-state index contributed by atoms with van der Waals surface area (Å²) in [6, 6.07) is 6.14. The fraction of sp³-hybridized carbons (Fsp3) is 0.538. The van der Waals surface area contributed by atoms with Gasteiger partial charge < -0.3 is 15.7 Å². The molecule has 0 radical (unpaired) electrons. The molecule has 2 rings (SSSR count). The molecule has 1 heterocycles. The molecular weight excluding hydrogens is 200 g/mol. The first kappa shape index (κ1) is 11.3. The molecule has 0 aromatic heterocycles. The van der Waals surface area contributed by atoms with E-state index in [1.807, 2.05) is 12.1 Å². The predicted octanol–water partition coefficient (Wildman–Crippen LogP) is 1.78. The van der Waals surface area contributed by atoms with Crippen molar-refractivity contribution in [1.82, 2.24) is 0 Å². The van der Waals surface area contributed by atoms with Gasteiger partial charge in [0.15, 0.2) is 0 Å². The number of nitrogens with zero attached hydrogens (tertiary/aromatic N) is 1. The summed E-state index contributed by atoms with van der Waals surface area (Å²) in [5.74, 6) is 0.329. The van der Waals surface area contributed by atoms with Gasteiger partial charge in [-0.25, -0.2) is 0 Å². The first-order valence-corrected chi connectivity index (χ1v) is 5.86. The van der Waals surface area contributed by atoms with Gasteiger partial charge in [-0.2, -0.15) is 0 Å². The van der Waals surface area contributed by atoms with Crippen LogP contribution in [0.5, 0.6) is 0 Å². The molecule has 0 spiro atoms. The van der Waals surface area contributed by atoms with Crippen molar-refractivity contribution >= 4 is 11.4 Å². The molecule has 88 valence electrons. The van der Waals surface area contributed by atoms with Gasteiger partial charge in [0, 0.05) is 24.5 Å². The van der Waals surface area contributed by atoms with Gasteiger partial charge in [0.2, 0.25) is 0 Å². The van der Waals surface area contributed by atoms with Gasteiger partial charge in [-0.3, -0.25) is 0 Å². The molecule has 3 heteroatoms. The van der Waals surface area contributed by atoms with Gasteiger partial charge in [0.25, 0.3) is 0 Å². The van der Waals surface area contributed by atoms with E-state index in [1.165, 1.54) is 11.3 Å². The second-order valence-corrected chi connectivity index (χ2v) is 4.88. The number of aliphatic hydroxyl groups excluding tert-OH is 1. The minimum atomic E-state index is -0.154. The van der Waals surface area contributed by atoms with Crippen LogP contribution in [0.3, 0.4) is 0 Å². The van der Waals surface area contributed by atoms with Crippen LogP contribution >= 0.6 is 0 Å². The zero-order valence-electron chi connectivity index (χ0n) is 9.98. The van der Waals surface area contributed by atoms with E-state index in [9.17, 15) is 5.11 Å². The van der Waals surface area contributed by atoms with E-state index >= 15 is 0 Å². The van der Waals surface area contributed by atoms with Gasteiger partial charge >= 0.3 is 0 Å². The van der Waals surface area contributed by atoms with Crippen LogP contribution in [0.2, 0.25) is 0 Å². The number of anilines is 2. The van der Waals surface area contributed by atoms with Crippen LogP contribution in [0.15, 0.2) is 18.2 Å². The standard InChI is InChI=1S/C13H20N2O/c1-9-5-11(14)7-12(6-9)15-4-3-13(16)10(2)8-15/h5-7,10,13,16H,3-4,8,14H2,1-2H3. The highest BCUT2D eigenvalue weighted by molar-refractivity contribution is 5.58. The molecule has 1 aliphatic rings. The number of piperidine rings is 1. The summed E-state index contributed by atoms with van der Waals surface area (Å²) in [6.45, 7) is 5.97. The van der Waals surface area contributed by atoms with Gasteiger partial charge in [-0.1, -0.05) is 6.92 Å². The number of rotatable bonds is 1. The minimum Gasteiger partial charge on any atom is -0.399 e. The fourth-order valence-electron chi connectivity index (χ4n) is 2.34. The summed E-state index contributed by atoms with van der Waals surface area (Å²) in [4.78, 5) is 2.31. The van der Waals surface area contributed by atoms with E-state index in [2.05, 4.69) is 24.8 Å². The summed E-state index contributed by atoms with van der Waals surface area (Å²) < 4.78 is 0. The first-order chi connectivity index (χ1) is 7.56. The molecule has 0 saturated carbocycles. The summed E-state index contributed by atoms with van der Waals surface area (Å²) in [6.07, 6.45) is 0.688. The molecule has 2 atom stereocenters. The Morgan fingerprint density at radius 1 is 1.38 bits per heavy atom. The van der Waals surface area contributed by atoms with E-state index in [-0.39, 0.29) is 6.10 Å². The number of hydrogen-bond acceptors (Lipinski definition) is 3. The molecule has 16 heavy (non-hydrogen) atoms. The van der Waals surface area contributed by atoms with E-state index < -0.39 is 0 Å². The Morgan fingerprint density at radius 2 is 2.12 bits per heavy atom. The van der Waals surface area contributed by atoms with Crippen molar-refractivity contribution in [3.05, 3.63) is 23.8 Å². The van der Waals surface area contributed by atoms with Crippen molar-refractivity contribution in [3.63, 3.8) is 0 Å². The average molecular weight is 220 g/mol. The van der Waals surface area contributed by atoms with Gasteiger partial charge in [0.1, 0.15) is 0 Å². The molecule has 1 aliphatic heterocycles. The molecule has 0 aliphatic carbocycles. The van der Waals surface area contributed by atoms with Crippen LogP contribution in [-0.4, -0.2) is 24.3 Å². The zero-order valence-corrected chi connectivity index (χ0v) is 9.98. The zero-order chi connectivity index (χ0) is 11.7. The third-order valence-corrected chi connectivity index (χ3v) is 3.31. The first-order valence-electron chi connectivity index (χ1n) is 5.86. The monoisotopic (exact) mass is 220 g/mol. The average Bonchev–Trinajstić information content (AvgIpc) is 2.20. The van der Waals surface area contributed by atoms with E-state index in [1.54, 1.807) is 0 Å². The van der Waals surface area contributed by atoms with Crippen molar-refractivity contribution in [2.75, 3.05) is 23.7 Å². The Bertz CT molecular complexity index is 358. The normalized spacial score (nSPS) is 25.8. The summed E-state index contributed by atoms with van der Waals surface area (Å²) in [5, 5.41) is 9.70. The van der Waals surface area contributed by atoms with Gasteiger partial charge in [0.05, 0.1) is 6.10 Å². The summed E-state index contributed by atoms with van der Waals surface area (Å²) in [5.41, 5.74) is 9.03. The topological polar surface area (TPSA) is 49.5 Å². The molecule has 3 nitrogen and oxygen atoms in total. The van der Waals surface area contributed by atoms with Gasteiger partial charge in [-0.05, 0) is 43.0 Å². The third-order valence-electron chi connectivity index (χ3n) is 3.31. The largest absolute Gasteiger partial charge is 0.399 e. The number of aliphatic hydroxyl groups is 1. The van der Waals surface area contributed by atoms with Crippen LogP contribution in [0.25, 0.3) is 0 Å². The number of benzene rings is 1. The molecule has 1 aromatic rings. The molecule has 1 fully saturated rings. The van der Waals surface area contributed by atoms with E-state index in [0.29, 0.717) is 5.92 Å². The highest BCUT2D eigenvalue weighted by atomic mass is 16.3. The molecule has 2 unspecified atom stereocenters. The molecule has 1 saturated heterocycles. The van der Waals surface area contributed by atoms with E-state index in [4.69, 9.17) is 5.73 Å². The Morgan fingerprint density at radius 3 is 2.75 bits per heavy atom. The quantitative estimate of drug-likeness (QED) is 0.709. The maximum Gasteiger partial charge on any atom is 0.0599 e. The van der Waals surface area contributed by atoms with Crippen molar-refractivity contribution in [1.29, 1.82) is 0 Å². The predicted molar refractivity (Wildman–Crippen MR) is 67.6 cm³/mol. The van der Waals surface area contributed by atoms with Crippen molar-refractivity contribution in [3.8, 4) is 0 Å². The highest BCUT2D eigenvalue weighted by Gasteiger charge is 2.24. The van der Waals surface area contributed by atoms with E-state index in [0.717, 1.165) is 25.2 Å². The number of nitrogens with two attached hydrogens (primary N) is 1. The van der Waals surface area contributed by atoms with Crippen LogP contribution in [-0.2, 0) is 0 Å². The third kappa shape index (κ3) is 2.30. The second-order valence-electron chi connectivity index (χ2n) is 4.88. The van der Waals surface area contributed by atoms with Crippen molar-refractivity contribution < 1.29 is 5.11 Å². The molecule has 0 amide bonds. The lowest BCUT2D eigenvalue weighted by molar-refractivity contribution is 0.0971. The molecule has 0 bridgehead atoms. The number of aryl methyl sites for hydroxylation is 1. The second kappa shape index (κ2) is 4.34. The number of hydrogen-bond donors (Lipinski definition) is 2. The molecular formula is C13H20N2O. The maximum atomic E-state index is 9.70. The summed E-state index contributed by atoms with van der Waals surface area (Å²) in [7, 11) is 0. The van der Waals surface area contributed by atoms with Gasteiger partial charge in [-0.15, -0.1) is 0 Å². The van der Waals surface area contributed by atoms with Crippen molar-refractivity contribution in [2.24, 2.45) is 5.92 Å². The van der Waals surface area contributed by atoms with Crippen LogP contribution in [0.1, 0.15) is 18.9 Å². The SMILES string of the molecule is Cc1cc(N)cc(N2CCC(O)C(C)C2)c1. The maximum absolute atomic E-state index is 9.70. The van der Waals surface area contributed by atoms with Crippen LogP contribution in [0, 0.1) is 12.8 Å². The Kier molecular flexibility index (Phi) is 3.06. The van der Waals surface area contributed by atoms with Crippen LogP contribution in [0.4, 0.5) is 11.4 Å². The van der Waals surface area contributed by atoms with Crippen LogP contribution < -0.4 is 10.6 Å². The Labute approximate surface area is 96.9 Å². The van der Waals surface area contributed by atoms with Crippen molar-refractivity contribution in [2.45, 2.75) is 26.4 Å². The Balaban J connectivity index is 2.18. The lowest BCUT2D eigenvalue weighted by atomic mass is 9.96. The Hall–Kier alpha value is -1.22. The molecule has 3 N–H and O–H groups in total. The minimum absolute atomic E-state index is 0.154. The lowest BCUT2D eigenvalue weighted by Crippen LogP contribution is -2.42. The summed E-state index contributed by atoms with van der Waals surface area (Å²) >= 11 is 0. The number of nitrogen functional groups attached to an aromatic ring is 1. The molecule has 1 aromatic carbocycles. The highest BCUT2D eigenvalue weighted by Crippen LogP contribution is 2.25.